The first-order valence-electron chi connectivity index (χ1n) is 7.43. The number of esters is 1. The van der Waals surface area contributed by atoms with Gasteiger partial charge in [0.2, 0.25) is 0 Å². The maximum atomic E-state index is 12.1. The average Bonchev–Trinajstić information content (AvgIpc) is 2.62. The second-order valence-corrected chi connectivity index (χ2v) is 5.14. The number of hydrogen-bond acceptors (Lipinski definition) is 4. The Morgan fingerprint density at radius 1 is 1.13 bits per heavy atom. The molecule has 1 atom stereocenters. The van der Waals surface area contributed by atoms with Crippen LogP contribution >= 0.6 is 0 Å². The summed E-state index contributed by atoms with van der Waals surface area (Å²) in [6.07, 6.45) is 1.36. The van der Waals surface area contributed by atoms with Gasteiger partial charge in [0.1, 0.15) is 5.70 Å². The number of aliphatic hydroxyl groups excluding tert-OH is 1. The molecule has 0 amide bonds. The lowest BCUT2D eigenvalue weighted by molar-refractivity contribution is -0.136. The number of anilines is 1. The van der Waals surface area contributed by atoms with E-state index in [0.717, 1.165) is 11.3 Å². The summed E-state index contributed by atoms with van der Waals surface area (Å²) < 4.78 is 4.86. The molecule has 1 unspecified atom stereocenters. The van der Waals surface area contributed by atoms with Crippen LogP contribution in [0.3, 0.4) is 0 Å². The van der Waals surface area contributed by atoms with Crippen molar-refractivity contribution in [3.63, 3.8) is 0 Å². The zero-order valence-electron chi connectivity index (χ0n) is 13.3. The minimum Gasteiger partial charge on any atom is -0.464 e. The normalized spacial score (nSPS) is 12.6. The van der Waals surface area contributed by atoms with E-state index in [0.29, 0.717) is 12.1 Å². The molecule has 0 radical (unpaired) electrons. The van der Waals surface area contributed by atoms with Gasteiger partial charge in [-0.15, -0.1) is 0 Å². The Bertz CT molecular complexity index is 653. The summed E-state index contributed by atoms with van der Waals surface area (Å²) in [5, 5.41) is 10.3. The fourth-order valence-electron chi connectivity index (χ4n) is 2.29. The molecule has 0 aliphatic rings. The van der Waals surface area contributed by atoms with Gasteiger partial charge in [0, 0.05) is 12.7 Å². The molecule has 0 fully saturated rings. The molecule has 2 aromatic rings. The molecule has 0 bridgehead atoms. The van der Waals surface area contributed by atoms with Crippen molar-refractivity contribution in [2.75, 3.05) is 19.1 Å². The fraction of sp³-hybridized carbons (Fsp3) is 0.211. The average molecular weight is 311 g/mol. The van der Waals surface area contributed by atoms with Gasteiger partial charge in [-0.1, -0.05) is 54.6 Å². The molecule has 0 aliphatic heterocycles. The van der Waals surface area contributed by atoms with Crippen LogP contribution < -0.4 is 4.90 Å². The molecule has 0 spiro atoms. The van der Waals surface area contributed by atoms with Gasteiger partial charge in [-0.05, 0) is 24.1 Å². The molecule has 0 aliphatic carbocycles. The second-order valence-electron chi connectivity index (χ2n) is 5.14. The van der Waals surface area contributed by atoms with Crippen molar-refractivity contribution in [3.05, 3.63) is 78.0 Å². The molecule has 23 heavy (non-hydrogen) atoms. The number of aliphatic hydroxyl groups is 1. The van der Waals surface area contributed by atoms with Crippen LogP contribution in [0, 0.1) is 0 Å². The number of carbonyl (C=O) groups is 1. The molecule has 1 N–H and O–H groups in total. The van der Waals surface area contributed by atoms with Crippen LogP contribution in [0.4, 0.5) is 5.69 Å². The number of methoxy groups -OCH3 is 1. The van der Waals surface area contributed by atoms with Crippen molar-refractivity contribution < 1.29 is 14.6 Å². The van der Waals surface area contributed by atoms with Crippen molar-refractivity contribution in [2.24, 2.45) is 0 Å². The van der Waals surface area contributed by atoms with Crippen LogP contribution in [0.5, 0.6) is 0 Å². The number of para-hydroxylation sites is 1. The van der Waals surface area contributed by atoms with Gasteiger partial charge in [-0.25, -0.2) is 4.79 Å². The molecule has 0 saturated carbocycles. The van der Waals surface area contributed by atoms with Gasteiger partial charge in [-0.3, -0.25) is 0 Å². The smallest absolute Gasteiger partial charge is 0.354 e. The van der Waals surface area contributed by atoms with Gasteiger partial charge in [0.05, 0.1) is 13.2 Å². The number of likely N-dealkylation sites (N-methyl/N-ethyl adjacent to an activating group) is 1. The molecule has 0 heterocycles. The SMILES string of the molecule is COC(=O)/C(=C/CC(O)c1ccccc1)N(C)c1ccccc1. The summed E-state index contributed by atoms with van der Waals surface area (Å²) in [7, 11) is 3.15. The number of hydrogen-bond donors (Lipinski definition) is 1. The highest BCUT2D eigenvalue weighted by Crippen LogP contribution is 2.21. The number of carbonyl (C=O) groups excluding carboxylic acids is 1. The van der Waals surface area contributed by atoms with Crippen LogP contribution in [-0.2, 0) is 9.53 Å². The number of benzene rings is 2. The highest BCUT2D eigenvalue weighted by atomic mass is 16.5. The van der Waals surface area contributed by atoms with E-state index in [9.17, 15) is 9.90 Å². The highest BCUT2D eigenvalue weighted by Gasteiger charge is 2.17. The van der Waals surface area contributed by atoms with Crippen molar-refractivity contribution in [2.45, 2.75) is 12.5 Å². The molecular formula is C19H21NO3. The largest absolute Gasteiger partial charge is 0.464 e. The van der Waals surface area contributed by atoms with Gasteiger partial charge >= 0.3 is 5.97 Å². The van der Waals surface area contributed by atoms with E-state index in [4.69, 9.17) is 4.74 Å². The van der Waals surface area contributed by atoms with Crippen molar-refractivity contribution in [1.29, 1.82) is 0 Å². The third kappa shape index (κ3) is 4.44. The summed E-state index contributed by atoms with van der Waals surface area (Å²) in [6, 6.07) is 18.9. The van der Waals surface area contributed by atoms with Crippen molar-refractivity contribution in [1.82, 2.24) is 0 Å². The van der Waals surface area contributed by atoms with Crippen LogP contribution in [-0.4, -0.2) is 25.2 Å². The summed E-state index contributed by atoms with van der Waals surface area (Å²) in [5.41, 5.74) is 2.09. The first-order chi connectivity index (χ1) is 11.1. The van der Waals surface area contributed by atoms with Crippen LogP contribution in [0.15, 0.2) is 72.4 Å². The Balaban J connectivity index is 2.19. The quantitative estimate of drug-likeness (QED) is 0.657. The lowest BCUT2D eigenvalue weighted by Crippen LogP contribution is -2.24. The Labute approximate surface area is 136 Å². The van der Waals surface area contributed by atoms with Crippen LogP contribution in [0.25, 0.3) is 0 Å². The molecule has 2 rings (SSSR count). The number of rotatable bonds is 6. The first kappa shape index (κ1) is 16.8. The topological polar surface area (TPSA) is 49.8 Å². The Morgan fingerprint density at radius 3 is 2.26 bits per heavy atom. The second kappa shape index (κ2) is 8.15. The minimum atomic E-state index is -0.667. The third-order valence-corrected chi connectivity index (χ3v) is 3.62. The zero-order valence-corrected chi connectivity index (χ0v) is 13.3. The van der Waals surface area contributed by atoms with Crippen LogP contribution in [0.2, 0.25) is 0 Å². The summed E-state index contributed by atoms with van der Waals surface area (Å²) in [6.45, 7) is 0. The summed E-state index contributed by atoms with van der Waals surface area (Å²) in [4.78, 5) is 13.8. The molecule has 4 heteroatoms. The van der Waals surface area contributed by atoms with E-state index in [2.05, 4.69) is 0 Å². The zero-order chi connectivity index (χ0) is 16.7. The lowest BCUT2D eigenvalue weighted by atomic mass is 10.1. The van der Waals surface area contributed by atoms with E-state index in [1.165, 1.54) is 7.11 Å². The predicted molar refractivity (Wildman–Crippen MR) is 91.0 cm³/mol. The monoisotopic (exact) mass is 311 g/mol. The lowest BCUT2D eigenvalue weighted by Gasteiger charge is -2.21. The van der Waals surface area contributed by atoms with Crippen molar-refractivity contribution >= 4 is 11.7 Å². The van der Waals surface area contributed by atoms with E-state index in [1.54, 1.807) is 18.0 Å². The standard InChI is InChI=1S/C19H21NO3/c1-20(16-11-7-4-8-12-16)17(19(22)23-2)13-14-18(21)15-9-5-3-6-10-15/h3-13,18,21H,14H2,1-2H3/b17-13-. The van der Waals surface area contributed by atoms with Gasteiger partial charge in [0.15, 0.2) is 0 Å². The molecule has 4 nitrogen and oxygen atoms in total. The van der Waals surface area contributed by atoms with Gasteiger partial charge in [0.25, 0.3) is 0 Å². The maximum absolute atomic E-state index is 12.1. The minimum absolute atomic E-state index is 0.325. The maximum Gasteiger partial charge on any atom is 0.354 e. The molecular weight excluding hydrogens is 290 g/mol. The van der Waals surface area contributed by atoms with E-state index >= 15 is 0 Å². The summed E-state index contributed by atoms with van der Waals surface area (Å²) >= 11 is 0. The molecule has 0 aromatic heterocycles. The van der Waals surface area contributed by atoms with E-state index in [-0.39, 0.29) is 0 Å². The first-order valence-corrected chi connectivity index (χ1v) is 7.43. The van der Waals surface area contributed by atoms with Gasteiger partial charge in [-0.2, -0.15) is 0 Å². The van der Waals surface area contributed by atoms with Crippen LogP contribution in [0.1, 0.15) is 18.1 Å². The Hall–Kier alpha value is -2.59. The molecule has 0 saturated heterocycles. The fourth-order valence-corrected chi connectivity index (χ4v) is 2.29. The highest BCUT2D eigenvalue weighted by molar-refractivity contribution is 5.92. The Morgan fingerprint density at radius 2 is 1.70 bits per heavy atom. The number of nitrogens with zero attached hydrogens (tertiary/aromatic N) is 1. The summed E-state index contributed by atoms with van der Waals surface area (Å²) in [5.74, 6) is -0.434. The van der Waals surface area contributed by atoms with Crippen molar-refractivity contribution in [3.8, 4) is 0 Å². The number of ether oxygens (including phenoxy) is 1. The third-order valence-electron chi connectivity index (χ3n) is 3.62. The van der Waals surface area contributed by atoms with E-state index < -0.39 is 12.1 Å². The Kier molecular flexibility index (Phi) is 5.94. The molecule has 2 aromatic carbocycles. The van der Waals surface area contributed by atoms with Gasteiger partial charge < -0.3 is 14.7 Å². The predicted octanol–water partition coefficient (Wildman–Crippen LogP) is 3.30. The van der Waals surface area contributed by atoms with E-state index in [1.807, 2.05) is 60.7 Å². The molecule has 120 valence electrons.